The maximum Gasteiger partial charge on any atom is 0.245 e. The highest BCUT2D eigenvalue weighted by molar-refractivity contribution is 5.80. The Kier molecular flexibility index (Phi) is 6.32. The van der Waals surface area contributed by atoms with Crippen molar-refractivity contribution in [3.8, 4) is 5.75 Å². The van der Waals surface area contributed by atoms with Gasteiger partial charge in [0.15, 0.2) is 0 Å². The number of rotatable bonds is 8. The van der Waals surface area contributed by atoms with Gasteiger partial charge in [0.2, 0.25) is 5.91 Å². The second kappa shape index (κ2) is 8.57. The predicted octanol–water partition coefficient (Wildman–Crippen LogP) is 4.03. The molecule has 3 rings (SSSR count). The van der Waals surface area contributed by atoms with Gasteiger partial charge in [-0.05, 0) is 57.4 Å². The van der Waals surface area contributed by atoms with Gasteiger partial charge >= 0.3 is 0 Å². The van der Waals surface area contributed by atoms with Crippen molar-refractivity contribution in [2.45, 2.75) is 71.1 Å². The van der Waals surface area contributed by atoms with Crippen LogP contribution in [0, 0.1) is 5.41 Å². The van der Waals surface area contributed by atoms with E-state index in [-0.39, 0.29) is 11.3 Å². The number of carbonyl (C=O) groups excluding carboxylic acids is 1. The molecule has 1 amide bonds. The molecular formula is C23H33N3O3. The van der Waals surface area contributed by atoms with Gasteiger partial charge in [-0.25, -0.2) is 0 Å². The zero-order chi connectivity index (χ0) is 21.1. The van der Waals surface area contributed by atoms with E-state index in [1.165, 1.54) is 25.7 Å². The number of hydrogen-bond donors (Lipinski definition) is 2. The summed E-state index contributed by atoms with van der Waals surface area (Å²) in [5.74, 6) is 0.614. The van der Waals surface area contributed by atoms with Gasteiger partial charge in [0.25, 0.3) is 0 Å². The van der Waals surface area contributed by atoms with Crippen LogP contribution in [0.3, 0.4) is 0 Å². The number of nitrogens with zero attached hydrogens (tertiary/aromatic N) is 2. The summed E-state index contributed by atoms with van der Waals surface area (Å²) < 4.78 is 7.61. The minimum Gasteiger partial charge on any atom is -0.493 e. The smallest absolute Gasteiger partial charge is 0.245 e. The Bertz CT molecular complexity index is 788. The summed E-state index contributed by atoms with van der Waals surface area (Å²) in [4.78, 5) is 12.7. The molecule has 0 bridgehead atoms. The SMILES string of the molecule is C[C@H](C(=O)N[C@H](c1ccc(OCC2(C)CCCC2)cc1)C(C)(C)O)n1cccn1. The number of carbonyl (C=O) groups is 1. The molecule has 1 saturated carbocycles. The molecule has 2 N–H and O–H groups in total. The minimum atomic E-state index is -1.13. The van der Waals surface area contributed by atoms with E-state index in [1.54, 1.807) is 43.9 Å². The molecule has 6 nitrogen and oxygen atoms in total. The average Bonchev–Trinajstić information content (AvgIpc) is 3.36. The zero-order valence-electron chi connectivity index (χ0n) is 17.9. The molecular weight excluding hydrogens is 366 g/mol. The average molecular weight is 400 g/mol. The summed E-state index contributed by atoms with van der Waals surface area (Å²) >= 11 is 0. The highest BCUT2D eigenvalue weighted by Crippen LogP contribution is 2.38. The lowest BCUT2D eigenvalue weighted by Gasteiger charge is -2.31. The van der Waals surface area contributed by atoms with Gasteiger partial charge in [-0.15, -0.1) is 0 Å². The lowest BCUT2D eigenvalue weighted by Crippen LogP contribution is -2.44. The van der Waals surface area contributed by atoms with Gasteiger partial charge < -0.3 is 15.2 Å². The predicted molar refractivity (Wildman–Crippen MR) is 113 cm³/mol. The normalized spacial score (nSPS) is 18.2. The van der Waals surface area contributed by atoms with Crippen LogP contribution in [0.1, 0.15) is 71.0 Å². The Morgan fingerprint density at radius 3 is 2.52 bits per heavy atom. The number of ether oxygens (including phenoxy) is 1. The molecule has 1 aromatic heterocycles. The number of aliphatic hydroxyl groups is 1. The molecule has 1 aliphatic rings. The van der Waals surface area contributed by atoms with Gasteiger partial charge in [-0.1, -0.05) is 31.9 Å². The molecule has 1 aliphatic carbocycles. The first-order chi connectivity index (χ1) is 13.7. The molecule has 0 saturated heterocycles. The van der Waals surface area contributed by atoms with Gasteiger partial charge in [-0.2, -0.15) is 5.10 Å². The molecule has 0 aliphatic heterocycles. The summed E-state index contributed by atoms with van der Waals surface area (Å²) in [6.45, 7) is 8.18. The molecule has 29 heavy (non-hydrogen) atoms. The first-order valence-corrected chi connectivity index (χ1v) is 10.4. The number of amides is 1. The van der Waals surface area contributed by atoms with Crippen LogP contribution in [-0.2, 0) is 4.79 Å². The lowest BCUT2D eigenvalue weighted by atomic mass is 9.90. The molecule has 1 heterocycles. The number of hydrogen-bond acceptors (Lipinski definition) is 4. The van der Waals surface area contributed by atoms with Crippen molar-refractivity contribution in [2.75, 3.05) is 6.61 Å². The molecule has 2 atom stereocenters. The Morgan fingerprint density at radius 2 is 1.97 bits per heavy atom. The van der Waals surface area contributed by atoms with Gasteiger partial charge in [0.05, 0.1) is 18.2 Å². The highest BCUT2D eigenvalue weighted by atomic mass is 16.5. The molecule has 1 aromatic carbocycles. The summed E-state index contributed by atoms with van der Waals surface area (Å²) in [7, 11) is 0. The maximum absolute atomic E-state index is 12.7. The fourth-order valence-electron chi connectivity index (χ4n) is 3.95. The quantitative estimate of drug-likeness (QED) is 0.703. The van der Waals surface area contributed by atoms with Crippen molar-refractivity contribution < 1.29 is 14.6 Å². The largest absolute Gasteiger partial charge is 0.493 e. The van der Waals surface area contributed by atoms with Crippen LogP contribution in [0.4, 0.5) is 0 Å². The number of nitrogens with one attached hydrogen (secondary N) is 1. The third-order valence-corrected chi connectivity index (χ3v) is 5.91. The monoisotopic (exact) mass is 399 g/mol. The molecule has 0 spiro atoms. The van der Waals surface area contributed by atoms with Crippen LogP contribution in [0.5, 0.6) is 5.75 Å². The summed E-state index contributed by atoms with van der Waals surface area (Å²) in [6.07, 6.45) is 8.38. The molecule has 0 radical (unpaired) electrons. The molecule has 158 valence electrons. The van der Waals surface area contributed by atoms with E-state index in [2.05, 4.69) is 17.3 Å². The summed E-state index contributed by atoms with van der Waals surface area (Å²) in [5.41, 5.74) is -0.0256. The van der Waals surface area contributed by atoms with E-state index in [9.17, 15) is 9.90 Å². The van der Waals surface area contributed by atoms with E-state index < -0.39 is 17.7 Å². The third kappa shape index (κ3) is 5.38. The third-order valence-electron chi connectivity index (χ3n) is 5.91. The first-order valence-electron chi connectivity index (χ1n) is 10.4. The van der Waals surface area contributed by atoms with Gasteiger partial charge in [-0.3, -0.25) is 9.48 Å². The number of aromatic nitrogens is 2. The van der Waals surface area contributed by atoms with Gasteiger partial charge in [0, 0.05) is 17.8 Å². The van der Waals surface area contributed by atoms with Crippen LogP contribution in [0.2, 0.25) is 0 Å². The molecule has 2 aromatic rings. The minimum absolute atomic E-state index is 0.199. The van der Waals surface area contributed by atoms with Crippen molar-refractivity contribution in [2.24, 2.45) is 5.41 Å². The van der Waals surface area contributed by atoms with Crippen LogP contribution < -0.4 is 10.1 Å². The zero-order valence-corrected chi connectivity index (χ0v) is 17.9. The van der Waals surface area contributed by atoms with Crippen molar-refractivity contribution in [1.29, 1.82) is 0 Å². The fraction of sp³-hybridized carbons (Fsp3) is 0.565. The standard InChI is InChI=1S/C23H33N3O3/c1-17(26-15-7-14-24-26)21(27)25-20(22(2,3)28)18-8-10-19(11-9-18)29-16-23(4)12-5-6-13-23/h7-11,14-15,17,20,28H,5-6,12-13,16H2,1-4H3,(H,25,27)/t17-,20-/m1/s1. The van der Waals surface area contributed by atoms with E-state index in [4.69, 9.17) is 4.74 Å². The molecule has 1 fully saturated rings. The van der Waals surface area contributed by atoms with E-state index in [0.29, 0.717) is 0 Å². The van der Waals surface area contributed by atoms with Crippen LogP contribution in [0.25, 0.3) is 0 Å². The van der Waals surface area contributed by atoms with E-state index in [0.717, 1.165) is 17.9 Å². The van der Waals surface area contributed by atoms with Crippen molar-refractivity contribution in [3.63, 3.8) is 0 Å². The Hall–Kier alpha value is -2.34. The number of benzene rings is 1. The van der Waals surface area contributed by atoms with Crippen molar-refractivity contribution in [3.05, 3.63) is 48.3 Å². The van der Waals surface area contributed by atoms with Crippen molar-refractivity contribution in [1.82, 2.24) is 15.1 Å². The first kappa shape index (κ1) is 21.4. The lowest BCUT2D eigenvalue weighted by molar-refractivity contribution is -0.126. The summed E-state index contributed by atoms with van der Waals surface area (Å²) in [6, 6.07) is 8.41. The molecule has 0 unspecified atom stereocenters. The Labute approximate surface area is 173 Å². The maximum atomic E-state index is 12.7. The fourth-order valence-corrected chi connectivity index (χ4v) is 3.95. The summed E-state index contributed by atoms with van der Waals surface area (Å²) in [5, 5.41) is 17.8. The van der Waals surface area contributed by atoms with E-state index >= 15 is 0 Å². The van der Waals surface area contributed by atoms with Crippen LogP contribution in [-0.4, -0.2) is 33.0 Å². The Balaban J connectivity index is 1.67. The second-order valence-corrected chi connectivity index (χ2v) is 9.13. The van der Waals surface area contributed by atoms with Gasteiger partial charge in [0.1, 0.15) is 11.8 Å². The Morgan fingerprint density at radius 1 is 1.31 bits per heavy atom. The highest BCUT2D eigenvalue weighted by Gasteiger charge is 2.32. The second-order valence-electron chi connectivity index (χ2n) is 9.13. The topological polar surface area (TPSA) is 76.4 Å². The van der Waals surface area contributed by atoms with Crippen molar-refractivity contribution >= 4 is 5.91 Å². The van der Waals surface area contributed by atoms with Crippen LogP contribution >= 0.6 is 0 Å². The van der Waals surface area contributed by atoms with Crippen LogP contribution in [0.15, 0.2) is 42.7 Å². The van der Waals surface area contributed by atoms with E-state index in [1.807, 2.05) is 24.3 Å². The molecule has 6 heteroatoms.